The van der Waals surface area contributed by atoms with Gasteiger partial charge in [0.2, 0.25) is 0 Å². The van der Waals surface area contributed by atoms with Crippen molar-refractivity contribution in [1.29, 1.82) is 0 Å². The van der Waals surface area contributed by atoms with Crippen LogP contribution >= 0.6 is 11.3 Å². The van der Waals surface area contributed by atoms with Crippen LogP contribution in [0.4, 0.5) is 0 Å². The highest BCUT2D eigenvalue weighted by Gasteiger charge is 2.36. The molecule has 1 radical (unpaired) electrons. The summed E-state index contributed by atoms with van der Waals surface area (Å²) in [5.74, 6) is 0. The molecule has 0 unspecified atom stereocenters. The first-order valence-corrected chi connectivity index (χ1v) is 14.0. The molecule has 0 aliphatic heterocycles. The Morgan fingerprint density at radius 2 is 1.44 bits per heavy atom. The molecule has 3 nitrogen and oxygen atoms in total. The molecule has 191 valence electrons. The molecular weight excluding hydrogens is 499 g/mol. The van der Waals surface area contributed by atoms with Gasteiger partial charge >= 0.3 is 7.48 Å². The van der Waals surface area contributed by atoms with Gasteiger partial charge in [0.25, 0.3) is 0 Å². The summed E-state index contributed by atoms with van der Waals surface area (Å²) in [4.78, 5) is 0. The van der Waals surface area contributed by atoms with Gasteiger partial charge in [0.1, 0.15) is 11.2 Å². The van der Waals surface area contributed by atoms with Crippen LogP contribution in [0.25, 0.3) is 64.0 Å². The standard InChI is InChI=1S/C34H28BO3S/c1-33(2,36)34(3,4)38-35-26-17-16-23(22-13-9-15-29-30(22)24-12-7-8-14-28(24)39-29)32-31(26)25-18-20-10-5-6-11-21(20)19-27(25)37-32/h5-19,36H,1-4H3. The van der Waals surface area contributed by atoms with Crippen LogP contribution in [0.5, 0.6) is 0 Å². The Hall–Kier alpha value is -3.64. The van der Waals surface area contributed by atoms with E-state index in [-0.39, 0.29) is 0 Å². The molecule has 0 atom stereocenters. The van der Waals surface area contributed by atoms with Crippen LogP contribution in [0, 0.1) is 0 Å². The Bertz CT molecular complexity index is 2040. The summed E-state index contributed by atoms with van der Waals surface area (Å²) >= 11 is 1.82. The number of aliphatic hydroxyl groups is 1. The molecule has 0 amide bonds. The van der Waals surface area contributed by atoms with E-state index in [1.807, 2.05) is 25.2 Å². The number of benzene rings is 5. The lowest BCUT2D eigenvalue weighted by atomic mass is 9.79. The van der Waals surface area contributed by atoms with E-state index in [1.54, 1.807) is 21.3 Å². The minimum absolute atomic E-state index is 0.786. The summed E-state index contributed by atoms with van der Waals surface area (Å²) in [5, 5.41) is 17.5. The number of hydrogen-bond acceptors (Lipinski definition) is 4. The summed E-state index contributed by atoms with van der Waals surface area (Å²) in [6.45, 7) is 7.34. The van der Waals surface area contributed by atoms with Crippen molar-refractivity contribution in [3.8, 4) is 11.1 Å². The second kappa shape index (κ2) is 8.69. The van der Waals surface area contributed by atoms with Gasteiger partial charge in [-0.3, -0.25) is 0 Å². The lowest BCUT2D eigenvalue weighted by Gasteiger charge is -2.37. The van der Waals surface area contributed by atoms with Gasteiger partial charge in [-0.2, -0.15) is 0 Å². The van der Waals surface area contributed by atoms with Crippen molar-refractivity contribution in [1.82, 2.24) is 0 Å². The van der Waals surface area contributed by atoms with Gasteiger partial charge in [0, 0.05) is 36.5 Å². The Kier molecular flexibility index (Phi) is 5.44. The third-order valence-electron chi connectivity index (χ3n) is 8.17. The zero-order valence-electron chi connectivity index (χ0n) is 22.4. The molecule has 39 heavy (non-hydrogen) atoms. The summed E-state index contributed by atoms with van der Waals surface area (Å²) < 4.78 is 15.5. The molecule has 0 bridgehead atoms. The fourth-order valence-electron chi connectivity index (χ4n) is 5.26. The molecule has 0 spiro atoms. The van der Waals surface area contributed by atoms with Crippen molar-refractivity contribution in [2.75, 3.05) is 0 Å². The minimum atomic E-state index is -1.02. The summed E-state index contributed by atoms with van der Waals surface area (Å²) in [6.07, 6.45) is 0. The van der Waals surface area contributed by atoms with Crippen molar-refractivity contribution in [2.45, 2.75) is 38.9 Å². The quantitative estimate of drug-likeness (QED) is 0.228. The predicted octanol–water partition coefficient (Wildman–Crippen LogP) is 8.58. The highest BCUT2D eigenvalue weighted by molar-refractivity contribution is 7.25. The average Bonchev–Trinajstić information content (AvgIpc) is 3.48. The number of thiophene rings is 1. The lowest BCUT2D eigenvalue weighted by molar-refractivity contribution is -0.0893. The van der Waals surface area contributed by atoms with Gasteiger partial charge in [-0.15, -0.1) is 11.3 Å². The van der Waals surface area contributed by atoms with Crippen LogP contribution in [0.1, 0.15) is 27.7 Å². The van der Waals surface area contributed by atoms with E-state index in [0.29, 0.717) is 0 Å². The second-order valence-corrected chi connectivity index (χ2v) is 12.4. The topological polar surface area (TPSA) is 42.6 Å². The summed E-state index contributed by atoms with van der Waals surface area (Å²) in [6, 6.07) is 32.0. The third kappa shape index (κ3) is 3.88. The van der Waals surface area contributed by atoms with Crippen molar-refractivity contribution >= 4 is 77.2 Å². The SMILES string of the molecule is CC(C)(O)C(C)(C)O[B]c1ccc(-c2cccc3sc4ccccc4c23)c2oc3cc4ccccc4cc3c12. The van der Waals surface area contributed by atoms with Crippen molar-refractivity contribution < 1.29 is 14.2 Å². The van der Waals surface area contributed by atoms with Crippen molar-refractivity contribution in [3.05, 3.63) is 91.0 Å². The molecule has 0 fully saturated rings. The van der Waals surface area contributed by atoms with Crippen LogP contribution in [0.15, 0.2) is 95.4 Å². The van der Waals surface area contributed by atoms with E-state index in [1.165, 1.54) is 20.2 Å². The number of fused-ring (bicyclic) bond motifs is 7. The van der Waals surface area contributed by atoms with Crippen LogP contribution in [0.2, 0.25) is 0 Å². The van der Waals surface area contributed by atoms with E-state index in [2.05, 4.69) is 91.0 Å². The van der Waals surface area contributed by atoms with E-state index in [0.717, 1.165) is 49.3 Å². The van der Waals surface area contributed by atoms with Gasteiger partial charge in [-0.25, -0.2) is 0 Å². The Morgan fingerprint density at radius 3 is 2.23 bits per heavy atom. The van der Waals surface area contributed by atoms with Crippen LogP contribution in [-0.2, 0) is 4.65 Å². The number of rotatable bonds is 5. The fourth-order valence-corrected chi connectivity index (χ4v) is 6.39. The van der Waals surface area contributed by atoms with Crippen LogP contribution in [0.3, 0.4) is 0 Å². The molecule has 0 aliphatic carbocycles. The Morgan fingerprint density at radius 1 is 0.718 bits per heavy atom. The molecular formula is C34H28BO3S. The molecule has 5 aromatic carbocycles. The van der Waals surface area contributed by atoms with E-state index >= 15 is 0 Å². The maximum Gasteiger partial charge on any atom is 0.331 e. The van der Waals surface area contributed by atoms with Crippen molar-refractivity contribution in [3.63, 3.8) is 0 Å². The molecule has 2 aromatic heterocycles. The minimum Gasteiger partial charge on any atom is -0.455 e. The van der Waals surface area contributed by atoms with Crippen LogP contribution in [-0.4, -0.2) is 23.8 Å². The van der Waals surface area contributed by atoms with E-state index < -0.39 is 11.2 Å². The van der Waals surface area contributed by atoms with Gasteiger partial charge < -0.3 is 14.2 Å². The summed E-state index contributed by atoms with van der Waals surface area (Å²) in [5.41, 5.74) is 3.00. The Labute approximate surface area is 231 Å². The summed E-state index contributed by atoms with van der Waals surface area (Å²) in [7, 11) is 1.77. The van der Waals surface area contributed by atoms with Gasteiger partial charge in [0.05, 0.1) is 11.2 Å². The predicted molar refractivity (Wildman–Crippen MR) is 166 cm³/mol. The highest BCUT2D eigenvalue weighted by Crippen LogP contribution is 2.43. The van der Waals surface area contributed by atoms with Crippen molar-refractivity contribution in [2.24, 2.45) is 0 Å². The molecule has 0 saturated heterocycles. The average molecular weight is 527 g/mol. The first-order valence-electron chi connectivity index (χ1n) is 13.2. The van der Waals surface area contributed by atoms with E-state index in [9.17, 15) is 5.11 Å². The molecule has 7 aromatic rings. The molecule has 0 aliphatic rings. The zero-order valence-corrected chi connectivity index (χ0v) is 23.2. The third-order valence-corrected chi connectivity index (χ3v) is 9.30. The van der Waals surface area contributed by atoms with Gasteiger partial charge in [-0.1, -0.05) is 66.7 Å². The maximum absolute atomic E-state index is 10.7. The van der Waals surface area contributed by atoms with Gasteiger partial charge in [0.15, 0.2) is 0 Å². The Balaban J connectivity index is 1.51. The van der Waals surface area contributed by atoms with E-state index in [4.69, 9.17) is 9.07 Å². The number of hydrogen-bond donors (Lipinski definition) is 1. The number of furan rings is 1. The largest absolute Gasteiger partial charge is 0.455 e. The normalized spacial score (nSPS) is 12.8. The molecule has 7 rings (SSSR count). The monoisotopic (exact) mass is 527 g/mol. The smallest absolute Gasteiger partial charge is 0.331 e. The lowest BCUT2D eigenvalue weighted by Crippen LogP contribution is -2.49. The fraction of sp³-hybridized carbons (Fsp3) is 0.176. The molecule has 5 heteroatoms. The second-order valence-electron chi connectivity index (χ2n) is 11.3. The first-order chi connectivity index (χ1) is 18.7. The van der Waals surface area contributed by atoms with Gasteiger partial charge in [-0.05, 0) is 73.8 Å². The first kappa shape index (κ1) is 24.4. The molecule has 2 heterocycles. The van der Waals surface area contributed by atoms with Crippen LogP contribution < -0.4 is 5.46 Å². The molecule has 0 saturated carbocycles. The zero-order chi connectivity index (χ0) is 26.9. The molecule has 1 N–H and O–H groups in total. The highest BCUT2D eigenvalue weighted by atomic mass is 32.1. The maximum atomic E-state index is 10.7.